The maximum absolute atomic E-state index is 6.52. The molecule has 0 radical (unpaired) electrons. The van der Waals surface area contributed by atoms with Crippen molar-refractivity contribution in [2.24, 2.45) is 0 Å². The third-order valence-corrected chi connectivity index (χ3v) is 10.8. The van der Waals surface area contributed by atoms with Crippen LogP contribution >= 0.6 is 11.3 Å². The van der Waals surface area contributed by atoms with Crippen molar-refractivity contribution in [2.45, 2.75) is 0 Å². The van der Waals surface area contributed by atoms with Crippen molar-refractivity contribution in [3.05, 3.63) is 158 Å². The van der Waals surface area contributed by atoms with Crippen LogP contribution in [0.3, 0.4) is 0 Å². The van der Waals surface area contributed by atoms with Crippen LogP contribution in [0.2, 0.25) is 0 Å². The molecule has 4 aromatic heterocycles. The van der Waals surface area contributed by atoms with Gasteiger partial charge in [-0.05, 0) is 29.3 Å². The fourth-order valence-corrected chi connectivity index (χ4v) is 8.34. The van der Waals surface area contributed by atoms with Crippen molar-refractivity contribution in [3.8, 4) is 55.9 Å². The van der Waals surface area contributed by atoms with Crippen molar-refractivity contribution in [2.75, 3.05) is 0 Å². The first-order chi connectivity index (χ1) is 26.2. The van der Waals surface area contributed by atoms with Crippen molar-refractivity contribution in [3.63, 3.8) is 0 Å². The Labute approximate surface area is 306 Å². The molecule has 0 aliphatic heterocycles. The van der Waals surface area contributed by atoms with Gasteiger partial charge in [-0.3, -0.25) is 0 Å². The zero-order valence-corrected chi connectivity index (χ0v) is 28.8. The predicted octanol–water partition coefficient (Wildman–Crippen LogP) is 12.6. The second-order valence-electron chi connectivity index (χ2n) is 13.0. The molecular formula is C46H26N4O2S. The first-order valence-corrected chi connectivity index (χ1v) is 18.2. The van der Waals surface area contributed by atoms with E-state index in [0.29, 0.717) is 17.5 Å². The number of hydrogen-bond donors (Lipinski definition) is 0. The molecule has 0 bridgehead atoms. The highest BCUT2D eigenvalue weighted by Crippen LogP contribution is 2.45. The van der Waals surface area contributed by atoms with Gasteiger partial charge in [0.15, 0.2) is 17.5 Å². The molecule has 4 heterocycles. The SMILES string of the molecule is c1ccc(-c2ccc(-c3nc4c(-c5nc(-c6ccccc6)nc(-c6cccc7oc8ccccc8c67)n5)c5c(cc4s3)oc3ccccc35)cc2)cc1. The molecule has 7 heteroatoms. The van der Waals surface area contributed by atoms with E-state index >= 15 is 0 Å². The van der Waals surface area contributed by atoms with E-state index in [0.717, 1.165) is 86.9 Å². The topological polar surface area (TPSA) is 77.8 Å². The number of rotatable bonds is 5. The maximum atomic E-state index is 6.52. The Hall–Kier alpha value is -6.96. The number of fused-ring (bicyclic) bond motifs is 7. The summed E-state index contributed by atoms with van der Waals surface area (Å²) < 4.78 is 13.8. The summed E-state index contributed by atoms with van der Waals surface area (Å²) >= 11 is 1.64. The number of nitrogens with zero attached hydrogens (tertiary/aromatic N) is 4. The van der Waals surface area contributed by atoms with E-state index in [1.165, 1.54) is 5.56 Å². The van der Waals surface area contributed by atoms with Gasteiger partial charge in [0.05, 0.1) is 15.8 Å². The van der Waals surface area contributed by atoms with E-state index in [9.17, 15) is 0 Å². The molecule has 0 spiro atoms. The summed E-state index contributed by atoms with van der Waals surface area (Å²) in [4.78, 5) is 21.0. The minimum absolute atomic E-state index is 0.525. The van der Waals surface area contributed by atoms with Gasteiger partial charge >= 0.3 is 0 Å². The monoisotopic (exact) mass is 698 g/mol. The van der Waals surface area contributed by atoms with Gasteiger partial charge in [-0.1, -0.05) is 133 Å². The molecule has 0 unspecified atom stereocenters. The highest BCUT2D eigenvalue weighted by Gasteiger charge is 2.24. The highest BCUT2D eigenvalue weighted by molar-refractivity contribution is 7.21. The van der Waals surface area contributed by atoms with Crippen molar-refractivity contribution in [1.29, 1.82) is 0 Å². The number of hydrogen-bond acceptors (Lipinski definition) is 7. The van der Waals surface area contributed by atoms with Crippen LogP contribution in [0.1, 0.15) is 0 Å². The molecule has 6 nitrogen and oxygen atoms in total. The van der Waals surface area contributed by atoms with Crippen molar-refractivity contribution < 1.29 is 8.83 Å². The molecule has 53 heavy (non-hydrogen) atoms. The lowest BCUT2D eigenvalue weighted by Crippen LogP contribution is -2.01. The Morgan fingerprint density at radius 3 is 1.72 bits per heavy atom. The summed E-state index contributed by atoms with van der Waals surface area (Å²) in [5.41, 5.74) is 9.91. The van der Waals surface area contributed by atoms with Crippen molar-refractivity contribution in [1.82, 2.24) is 19.9 Å². The fourth-order valence-electron chi connectivity index (χ4n) is 7.33. The summed E-state index contributed by atoms with van der Waals surface area (Å²) in [6.45, 7) is 0. The van der Waals surface area contributed by atoms with Crippen LogP contribution in [0.15, 0.2) is 167 Å². The second-order valence-corrected chi connectivity index (χ2v) is 14.0. The lowest BCUT2D eigenvalue weighted by atomic mass is 10.0. The highest BCUT2D eigenvalue weighted by atomic mass is 32.1. The van der Waals surface area contributed by atoms with E-state index < -0.39 is 0 Å². The number of furan rings is 2. The molecule has 11 aromatic rings. The molecule has 0 N–H and O–H groups in total. The largest absolute Gasteiger partial charge is 0.456 e. The molecule has 0 atom stereocenters. The van der Waals surface area contributed by atoms with Crippen LogP contribution in [0.5, 0.6) is 0 Å². The summed E-state index contributed by atoms with van der Waals surface area (Å²) in [6.07, 6.45) is 0. The van der Waals surface area contributed by atoms with Crippen LogP contribution in [0.4, 0.5) is 0 Å². The van der Waals surface area contributed by atoms with Gasteiger partial charge in [0.2, 0.25) is 0 Å². The van der Waals surface area contributed by atoms with E-state index in [-0.39, 0.29) is 0 Å². The Morgan fingerprint density at radius 1 is 0.396 bits per heavy atom. The number of aromatic nitrogens is 4. The molecule has 0 aliphatic carbocycles. The maximum Gasteiger partial charge on any atom is 0.167 e. The molecule has 248 valence electrons. The Bertz CT molecular complexity index is 3160. The Kier molecular flexibility index (Phi) is 6.62. The van der Waals surface area contributed by atoms with E-state index in [2.05, 4.69) is 72.8 Å². The Morgan fingerprint density at radius 2 is 0.962 bits per heavy atom. The van der Waals surface area contributed by atoms with Crippen LogP contribution < -0.4 is 0 Å². The average Bonchev–Trinajstić information content (AvgIpc) is 3.94. The standard InChI is InChI=1S/C46H26N4O2S/c1-3-12-27(13-4-1)28-22-24-30(25-23-28)46-47-42-38(53-46)26-37-40(32-17-8-10-20-35(32)52-37)41(42)45-49-43(29-14-5-2-6-15-29)48-44(50-45)33-18-11-21-36-39(33)31-16-7-9-19-34(31)51-36/h1-26H. The molecule has 7 aromatic carbocycles. The van der Waals surface area contributed by atoms with E-state index in [1.807, 2.05) is 84.9 Å². The number of thiazole rings is 1. The molecule has 0 aliphatic rings. The average molecular weight is 699 g/mol. The summed E-state index contributed by atoms with van der Waals surface area (Å²) in [5.74, 6) is 1.65. The third kappa shape index (κ3) is 4.86. The van der Waals surface area contributed by atoms with Gasteiger partial charge in [-0.2, -0.15) is 0 Å². The quantitative estimate of drug-likeness (QED) is 0.178. The van der Waals surface area contributed by atoms with Gasteiger partial charge in [0.25, 0.3) is 0 Å². The molecule has 0 saturated carbocycles. The number of para-hydroxylation sites is 2. The predicted molar refractivity (Wildman–Crippen MR) is 215 cm³/mol. The van der Waals surface area contributed by atoms with Crippen LogP contribution in [0.25, 0.3) is 110 Å². The molecular weight excluding hydrogens is 673 g/mol. The molecule has 0 amide bonds. The first-order valence-electron chi connectivity index (χ1n) is 17.4. The summed E-state index contributed by atoms with van der Waals surface area (Å²) in [5, 5.41) is 4.78. The van der Waals surface area contributed by atoms with E-state index in [1.54, 1.807) is 11.3 Å². The smallest absolute Gasteiger partial charge is 0.167 e. The van der Waals surface area contributed by atoms with Crippen LogP contribution in [-0.2, 0) is 0 Å². The van der Waals surface area contributed by atoms with Gasteiger partial charge in [-0.25, -0.2) is 19.9 Å². The van der Waals surface area contributed by atoms with Gasteiger partial charge in [0.1, 0.15) is 27.3 Å². The molecule has 11 rings (SSSR count). The Balaban J connectivity index is 1.19. The fraction of sp³-hybridized carbons (Fsp3) is 0. The molecule has 0 saturated heterocycles. The lowest BCUT2D eigenvalue weighted by molar-refractivity contribution is 0.669. The van der Waals surface area contributed by atoms with E-state index in [4.69, 9.17) is 28.8 Å². The molecule has 0 fully saturated rings. The summed E-state index contributed by atoms with van der Waals surface area (Å²) in [6, 6.07) is 53.4. The zero-order chi connectivity index (χ0) is 34.9. The zero-order valence-electron chi connectivity index (χ0n) is 28.0. The van der Waals surface area contributed by atoms with Gasteiger partial charge in [0, 0.05) is 44.3 Å². The lowest BCUT2D eigenvalue weighted by Gasteiger charge is -2.10. The summed E-state index contributed by atoms with van der Waals surface area (Å²) in [7, 11) is 0. The van der Waals surface area contributed by atoms with Gasteiger partial charge < -0.3 is 8.83 Å². The second kappa shape index (κ2) is 11.8. The van der Waals surface area contributed by atoms with Crippen LogP contribution in [-0.4, -0.2) is 19.9 Å². The normalized spacial score (nSPS) is 11.8. The minimum Gasteiger partial charge on any atom is -0.456 e. The number of benzene rings is 7. The minimum atomic E-state index is 0.525. The van der Waals surface area contributed by atoms with Crippen molar-refractivity contribution >= 4 is 65.4 Å². The first kappa shape index (κ1) is 29.7. The third-order valence-electron chi connectivity index (χ3n) is 9.80. The van der Waals surface area contributed by atoms with Gasteiger partial charge in [-0.15, -0.1) is 11.3 Å². The van der Waals surface area contributed by atoms with Crippen LogP contribution in [0, 0.1) is 0 Å².